The summed E-state index contributed by atoms with van der Waals surface area (Å²) in [6.45, 7) is 5.39. The molecule has 0 aromatic rings. The molecule has 100 valence electrons. The minimum absolute atomic E-state index is 0.00283. The smallest absolute Gasteiger partial charge is 0.239 e. The highest BCUT2D eigenvalue weighted by Crippen LogP contribution is 2.05. The first-order valence-corrected chi connectivity index (χ1v) is 6.22. The van der Waals surface area contributed by atoms with E-state index in [1.807, 2.05) is 13.8 Å². The minimum atomic E-state index is -0.102. The molecule has 2 amide bonds. The van der Waals surface area contributed by atoms with Gasteiger partial charge >= 0.3 is 0 Å². The Balaban J connectivity index is 3.84. The highest BCUT2D eigenvalue weighted by atomic mass is 16.2. The van der Waals surface area contributed by atoms with E-state index in [4.69, 9.17) is 5.73 Å². The fraction of sp³-hybridized carbons (Fsp3) is 0.833. The van der Waals surface area contributed by atoms with Crippen LogP contribution in [0.15, 0.2) is 0 Å². The summed E-state index contributed by atoms with van der Waals surface area (Å²) in [5.41, 5.74) is 5.48. The first kappa shape index (κ1) is 15.9. The molecule has 0 aliphatic rings. The Kier molecular flexibility index (Phi) is 8.40. The predicted molar refractivity (Wildman–Crippen MR) is 68.4 cm³/mol. The molecule has 0 saturated heterocycles. The van der Waals surface area contributed by atoms with Crippen LogP contribution in [0, 0.1) is 5.92 Å². The average Bonchev–Trinajstić information content (AvgIpc) is 2.32. The molecule has 5 heteroatoms. The Hall–Kier alpha value is -1.10. The summed E-state index contributed by atoms with van der Waals surface area (Å²) in [5.74, 6) is 0.243. The Morgan fingerprint density at radius 1 is 1.41 bits per heavy atom. The van der Waals surface area contributed by atoms with E-state index in [9.17, 15) is 9.59 Å². The van der Waals surface area contributed by atoms with Crippen LogP contribution in [0.2, 0.25) is 0 Å². The van der Waals surface area contributed by atoms with Gasteiger partial charge in [-0.25, -0.2) is 0 Å². The molecule has 1 unspecified atom stereocenters. The lowest BCUT2D eigenvalue weighted by Gasteiger charge is -2.17. The molecule has 0 rings (SSSR count). The van der Waals surface area contributed by atoms with Crippen LogP contribution >= 0.6 is 0 Å². The van der Waals surface area contributed by atoms with Gasteiger partial charge in [0.2, 0.25) is 11.8 Å². The number of hydrogen-bond acceptors (Lipinski definition) is 3. The lowest BCUT2D eigenvalue weighted by Crippen LogP contribution is -2.38. The maximum atomic E-state index is 11.7. The van der Waals surface area contributed by atoms with Crippen molar-refractivity contribution in [2.75, 3.05) is 26.7 Å². The second-order valence-corrected chi connectivity index (χ2v) is 4.48. The number of rotatable bonds is 8. The zero-order valence-corrected chi connectivity index (χ0v) is 11.2. The van der Waals surface area contributed by atoms with Gasteiger partial charge in [0.05, 0.1) is 6.54 Å². The highest BCUT2D eigenvalue weighted by Gasteiger charge is 2.13. The lowest BCUT2D eigenvalue weighted by atomic mass is 10.1. The molecule has 3 N–H and O–H groups in total. The molecular formula is C12H25N3O2. The van der Waals surface area contributed by atoms with E-state index in [1.54, 1.807) is 7.05 Å². The lowest BCUT2D eigenvalue weighted by molar-refractivity contribution is -0.134. The van der Waals surface area contributed by atoms with Crippen molar-refractivity contribution in [2.24, 2.45) is 11.7 Å². The molecule has 0 aromatic heterocycles. The molecular weight excluding hydrogens is 218 g/mol. The molecule has 0 fully saturated rings. The Morgan fingerprint density at radius 3 is 2.59 bits per heavy atom. The van der Waals surface area contributed by atoms with Crippen LogP contribution in [0.4, 0.5) is 0 Å². The number of hydrogen-bond donors (Lipinski definition) is 2. The van der Waals surface area contributed by atoms with E-state index < -0.39 is 0 Å². The van der Waals surface area contributed by atoms with Crippen LogP contribution < -0.4 is 11.1 Å². The van der Waals surface area contributed by atoms with Gasteiger partial charge in [0.15, 0.2) is 0 Å². The Bertz CT molecular complexity index is 244. The van der Waals surface area contributed by atoms with Crippen LogP contribution in [-0.4, -0.2) is 43.4 Å². The molecule has 0 radical (unpaired) electrons. The standard InChI is InChI=1S/C12H25N3O2/c1-4-7-14-11(16)9-15(3)12(17)6-5-10(2)8-13/h10H,4-9,13H2,1-3H3,(H,14,16). The minimum Gasteiger partial charge on any atom is -0.355 e. The average molecular weight is 243 g/mol. The summed E-state index contributed by atoms with van der Waals surface area (Å²) in [5, 5.41) is 2.74. The SMILES string of the molecule is CCCNC(=O)CN(C)C(=O)CCC(C)CN. The first-order chi connectivity index (χ1) is 8.01. The highest BCUT2D eigenvalue weighted by molar-refractivity contribution is 5.84. The maximum absolute atomic E-state index is 11.7. The van der Waals surface area contributed by atoms with Crippen molar-refractivity contribution in [1.82, 2.24) is 10.2 Å². The van der Waals surface area contributed by atoms with Crippen molar-refractivity contribution in [1.29, 1.82) is 0 Å². The maximum Gasteiger partial charge on any atom is 0.239 e. The summed E-state index contributed by atoms with van der Waals surface area (Å²) >= 11 is 0. The Labute approximate surface area is 104 Å². The molecule has 0 aliphatic heterocycles. The van der Waals surface area contributed by atoms with E-state index in [-0.39, 0.29) is 18.4 Å². The van der Waals surface area contributed by atoms with E-state index in [2.05, 4.69) is 5.32 Å². The second kappa shape index (κ2) is 8.98. The summed E-state index contributed by atoms with van der Waals surface area (Å²) in [7, 11) is 1.65. The fourth-order valence-corrected chi connectivity index (χ4v) is 1.30. The van der Waals surface area contributed by atoms with Gasteiger partial charge in [-0.1, -0.05) is 13.8 Å². The van der Waals surface area contributed by atoms with Gasteiger partial charge in [-0.3, -0.25) is 9.59 Å². The Morgan fingerprint density at radius 2 is 2.06 bits per heavy atom. The van der Waals surface area contributed by atoms with Gasteiger partial charge in [0, 0.05) is 20.0 Å². The van der Waals surface area contributed by atoms with Gasteiger partial charge < -0.3 is 16.0 Å². The third-order valence-electron chi connectivity index (χ3n) is 2.63. The zero-order chi connectivity index (χ0) is 13.3. The van der Waals surface area contributed by atoms with Crippen molar-refractivity contribution in [3.63, 3.8) is 0 Å². The molecule has 0 bridgehead atoms. The molecule has 0 aliphatic carbocycles. The topological polar surface area (TPSA) is 75.4 Å². The van der Waals surface area contributed by atoms with E-state index >= 15 is 0 Å². The number of carbonyl (C=O) groups excluding carboxylic acids is 2. The quantitative estimate of drug-likeness (QED) is 0.646. The summed E-state index contributed by atoms with van der Waals surface area (Å²) in [6, 6.07) is 0. The van der Waals surface area contributed by atoms with Gasteiger partial charge in [0.25, 0.3) is 0 Å². The second-order valence-electron chi connectivity index (χ2n) is 4.48. The zero-order valence-electron chi connectivity index (χ0n) is 11.2. The molecule has 5 nitrogen and oxygen atoms in total. The number of carbonyl (C=O) groups is 2. The van der Waals surface area contributed by atoms with Crippen LogP contribution in [-0.2, 0) is 9.59 Å². The van der Waals surface area contributed by atoms with E-state index in [0.29, 0.717) is 25.4 Å². The summed E-state index contributed by atoms with van der Waals surface area (Å²) < 4.78 is 0. The normalized spacial score (nSPS) is 12.0. The molecule has 0 aromatic carbocycles. The predicted octanol–water partition coefficient (Wildman–Crippen LogP) is 0.346. The molecule has 1 atom stereocenters. The third-order valence-corrected chi connectivity index (χ3v) is 2.63. The van der Waals surface area contributed by atoms with Gasteiger partial charge in [0.1, 0.15) is 0 Å². The first-order valence-electron chi connectivity index (χ1n) is 6.22. The van der Waals surface area contributed by atoms with Crippen molar-refractivity contribution in [2.45, 2.75) is 33.1 Å². The molecule has 0 spiro atoms. The largest absolute Gasteiger partial charge is 0.355 e. The number of nitrogens with zero attached hydrogens (tertiary/aromatic N) is 1. The number of likely N-dealkylation sites (N-methyl/N-ethyl adjacent to an activating group) is 1. The van der Waals surface area contributed by atoms with Crippen molar-refractivity contribution in [3.05, 3.63) is 0 Å². The van der Waals surface area contributed by atoms with Gasteiger partial charge in [-0.15, -0.1) is 0 Å². The fourth-order valence-electron chi connectivity index (χ4n) is 1.30. The number of nitrogens with two attached hydrogens (primary N) is 1. The number of nitrogens with one attached hydrogen (secondary N) is 1. The van der Waals surface area contributed by atoms with E-state index in [0.717, 1.165) is 12.8 Å². The van der Waals surface area contributed by atoms with Crippen LogP contribution in [0.25, 0.3) is 0 Å². The van der Waals surface area contributed by atoms with E-state index in [1.165, 1.54) is 4.90 Å². The van der Waals surface area contributed by atoms with Crippen LogP contribution in [0.5, 0.6) is 0 Å². The van der Waals surface area contributed by atoms with Crippen molar-refractivity contribution in [3.8, 4) is 0 Å². The van der Waals surface area contributed by atoms with Crippen molar-refractivity contribution < 1.29 is 9.59 Å². The summed E-state index contributed by atoms with van der Waals surface area (Å²) in [4.78, 5) is 24.5. The van der Waals surface area contributed by atoms with Crippen molar-refractivity contribution >= 4 is 11.8 Å². The number of amides is 2. The summed E-state index contributed by atoms with van der Waals surface area (Å²) in [6.07, 6.45) is 2.13. The monoisotopic (exact) mass is 243 g/mol. The molecule has 0 saturated carbocycles. The van der Waals surface area contributed by atoms with Crippen LogP contribution in [0.1, 0.15) is 33.1 Å². The molecule has 17 heavy (non-hydrogen) atoms. The van der Waals surface area contributed by atoms with Gasteiger partial charge in [-0.2, -0.15) is 0 Å². The third kappa shape index (κ3) is 7.74. The molecule has 0 heterocycles. The van der Waals surface area contributed by atoms with Crippen LogP contribution in [0.3, 0.4) is 0 Å². The van der Waals surface area contributed by atoms with Gasteiger partial charge in [-0.05, 0) is 25.3 Å².